The van der Waals surface area contributed by atoms with Gasteiger partial charge in [-0.25, -0.2) is 13.8 Å². The maximum atomic E-state index is 13.9. The van der Waals surface area contributed by atoms with Crippen molar-refractivity contribution >= 4 is 5.65 Å². The largest absolute Gasteiger partial charge is 0.306 e. The molecule has 3 aromatic rings. The van der Waals surface area contributed by atoms with E-state index in [-0.39, 0.29) is 5.56 Å². The second-order valence-corrected chi connectivity index (χ2v) is 4.68. The van der Waals surface area contributed by atoms with E-state index in [1.807, 2.05) is 29.7 Å². The molecule has 2 aromatic heterocycles. The lowest BCUT2D eigenvalue weighted by Crippen LogP contribution is -1.90. The van der Waals surface area contributed by atoms with E-state index in [4.69, 9.17) is 0 Å². The number of hydrogen-bond donors (Lipinski definition) is 0. The lowest BCUT2D eigenvalue weighted by atomic mass is 10.1. The molecule has 4 heteroatoms. The molecule has 0 radical (unpaired) electrons. The number of nitrogens with zero attached hydrogens (tertiary/aromatic N) is 2. The van der Waals surface area contributed by atoms with Crippen LogP contribution in [0.2, 0.25) is 0 Å². The summed E-state index contributed by atoms with van der Waals surface area (Å²) in [6.45, 7) is 3.50. The first kappa shape index (κ1) is 11.8. The van der Waals surface area contributed by atoms with Crippen LogP contribution in [0.3, 0.4) is 0 Å². The van der Waals surface area contributed by atoms with Gasteiger partial charge in [-0.1, -0.05) is 6.07 Å². The summed E-state index contributed by atoms with van der Waals surface area (Å²) in [7, 11) is 0. The Labute approximate surface area is 109 Å². The van der Waals surface area contributed by atoms with Crippen LogP contribution in [0.15, 0.2) is 36.7 Å². The Hall–Kier alpha value is -2.23. The Morgan fingerprint density at radius 2 is 1.79 bits per heavy atom. The Bertz CT molecular complexity index is 775. The highest BCUT2D eigenvalue weighted by atomic mass is 19.1. The molecule has 0 spiro atoms. The van der Waals surface area contributed by atoms with Gasteiger partial charge in [-0.3, -0.25) is 0 Å². The average molecular weight is 258 g/mol. The van der Waals surface area contributed by atoms with Crippen molar-refractivity contribution in [2.24, 2.45) is 0 Å². The van der Waals surface area contributed by atoms with E-state index in [9.17, 15) is 8.78 Å². The van der Waals surface area contributed by atoms with Crippen LogP contribution >= 0.6 is 0 Å². The number of imidazole rings is 1. The van der Waals surface area contributed by atoms with Crippen molar-refractivity contribution in [2.45, 2.75) is 13.8 Å². The highest BCUT2D eigenvalue weighted by Crippen LogP contribution is 2.25. The number of pyridine rings is 1. The minimum Gasteiger partial charge on any atom is -0.306 e. The number of benzene rings is 1. The summed E-state index contributed by atoms with van der Waals surface area (Å²) >= 11 is 0. The molecule has 0 atom stereocenters. The molecule has 0 N–H and O–H groups in total. The predicted octanol–water partition coefficient (Wildman–Crippen LogP) is 3.90. The second-order valence-electron chi connectivity index (χ2n) is 4.68. The summed E-state index contributed by atoms with van der Waals surface area (Å²) in [6, 6.07) is 6.17. The van der Waals surface area contributed by atoms with Gasteiger partial charge in [-0.05, 0) is 43.2 Å². The molecule has 0 aliphatic rings. The minimum absolute atomic E-state index is 0.185. The molecule has 0 amide bonds. The first-order chi connectivity index (χ1) is 9.04. The van der Waals surface area contributed by atoms with Crippen LogP contribution < -0.4 is 0 Å². The highest BCUT2D eigenvalue weighted by molar-refractivity contribution is 5.64. The minimum atomic E-state index is -0.459. The summed E-state index contributed by atoms with van der Waals surface area (Å²) in [5, 5.41) is 0. The molecule has 1 aromatic carbocycles. The summed E-state index contributed by atoms with van der Waals surface area (Å²) in [4.78, 5) is 4.31. The summed E-state index contributed by atoms with van der Waals surface area (Å²) in [6.07, 6.45) is 3.60. The highest BCUT2D eigenvalue weighted by Gasteiger charge is 2.12. The van der Waals surface area contributed by atoms with Crippen LogP contribution in [0.4, 0.5) is 8.78 Å². The van der Waals surface area contributed by atoms with E-state index < -0.39 is 11.6 Å². The van der Waals surface area contributed by atoms with Crippen molar-refractivity contribution in [1.82, 2.24) is 9.38 Å². The van der Waals surface area contributed by atoms with E-state index >= 15 is 0 Å². The molecule has 0 fully saturated rings. The maximum Gasteiger partial charge on any atom is 0.137 e. The smallest absolute Gasteiger partial charge is 0.137 e. The molecule has 2 nitrogen and oxygen atoms in total. The summed E-state index contributed by atoms with van der Waals surface area (Å²) < 4.78 is 29.3. The Morgan fingerprint density at radius 3 is 2.58 bits per heavy atom. The molecular formula is C15H12F2N2. The zero-order valence-electron chi connectivity index (χ0n) is 10.6. The molecule has 96 valence electrons. The third-order valence-electron chi connectivity index (χ3n) is 3.12. The maximum absolute atomic E-state index is 13.9. The lowest BCUT2D eigenvalue weighted by Gasteiger charge is -2.02. The average Bonchev–Trinajstić information content (AvgIpc) is 2.76. The number of fused-ring (bicyclic) bond motifs is 1. The third-order valence-corrected chi connectivity index (χ3v) is 3.12. The molecular weight excluding hydrogens is 246 g/mol. The van der Waals surface area contributed by atoms with Crippen LogP contribution in [0, 0.1) is 25.5 Å². The van der Waals surface area contributed by atoms with Crippen molar-refractivity contribution in [3.63, 3.8) is 0 Å². The quantitative estimate of drug-likeness (QED) is 0.647. The Kier molecular flexibility index (Phi) is 2.59. The van der Waals surface area contributed by atoms with Crippen molar-refractivity contribution in [2.75, 3.05) is 0 Å². The van der Waals surface area contributed by atoms with Crippen molar-refractivity contribution in [3.8, 4) is 11.3 Å². The zero-order valence-corrected chi connectivity index (χ0v) is 10.6. The van der Waals surface area contributed by atoms with E-state index in [2.05, 4.69) is 4.98 Å². The molecule has 0 aliphatic carbocycles. The van der Waals surface area contributed by atoms with Crippen LogP contribution in [0.1, 0.15) is 11.1 Å². The third kappa shape index (κ3) is 1.99. The molecule has 19 heavy (non-hydrogen) atoms. The van der Waals surface area contributed by atoms with Gasteiger partial charge < -0.3 is 4.40 Å². The lowest BCUT2D eigenvalue weighted by molar-refractivity contribution is 0.595. The molecule has 0 bridgehead atoms. The van der Waals surface area contributed by atoms with Crippen LogP contribution in [-0.2, 0) is 0 Å². The topological polar surface area (TPSA) is 17.3 Å². The predicted molar refractivity (Wildman–Crippen MR) is 70.0 cm³/mol. The van der Waals surface area contributed by atoms with Gasteiger partial charge in [-0.15, -0.1) is 0 Å². The monoisotopic (exact) mass is 258 g/mol. The van der Waals surface area contributed by atoms with E-state index in [1.54, 1.807) is 6.20 Å². The standard InChI is InChI=1S/C15H12F2N2/c1-9-3-4-15-18-14(8-19(15)7-9)11-6-12(16)10(2)5-13(11)17/h3-8H,1-2H3. The fourth-order valence-electron chi connectivity index (χ4n) is 2.08. The van der Waals surface area contributed by atoms with Gasteiger partial charge in [-0.2, -0.15) is 0 Å². The first-order valence-corrected chi connectivity index (χ1v) is 5.96. The van der Waals surface area contributed by atoms with Crippen molar-refractivity contribution in [3.05, 3.63) is 59.4 Å². The number of aryl methyl sites for hydroxylation is 2. The normalized spacial score (nSPS) is 11.2. The molecule has 2 heterocycles. The molecule has 3 rings (SSSR count). The fourth-order valence-corrected chi connectivity index (χ4v) is 2.08. The van der Waals surface area contributed by atoms with Gasteiger partial charge in [0.2, 0.25) is 0 Å². The number of hydrogen-bond acceptors (Lipinski definition) is 1. The Morgan fingerprint density at radius 1 is 1.00 bits per heavy atom. The van der Waals surface area contributed by atoms with Crippen LogP contribution in [0.25, 0.3) is 16.9 Å². The molecule has 0 saturated carbocycles. The van der Waals surface area contributed by atoms with Gasteiger partial charge in [0.25, 0.3) is 0 Å². The van der Waals surface area contributed by atoms with Gasteiger partial charge in [0.15, 0.2) is 0 Å². The van der Waals surface area contributed by atoms with E-state index in [0.717, 1.165) is 5.56 Å². The molecule has 0 aliphatic heterocycles. The number of rotatable bonds is 1. The van der Waals surface area contributed by atoms with E-state index in [1.165, 1.54) is 19.1 Å². The first-order valence-electron chi connectivity index (χ1n) is 5.96. The SMILES string of the molecule is Cc1ccc2nc(-c3cc(F)c(C)cc3F)cn2c1. The van der Waals surface area contributed by atoms with Crippen molar-refractivity contribution in [1.29, 1.82) is 0 Å². The van der Waals surface area contributed by atoms with Crippen molar-refractivity contribution < 1.29 is 8.78 Å². The zero-order chi connectivity index (χ0) is 13.6. The fraction of sp³-hybridized carbons (Fsp3) is 0.133. The van der Waals surface area contributed by atoms with Gasteiger partial charge in [0.05, 0.1) is 5.69 Å². The molecule has 0 unspecified atom stereocenters. The van der Waals surface area contributed by atoms with Gasteiger partial charge in [0, 0.05) is 18.0 Å². The second kappa shape index (κ2) is 4.16. The Balaban J connectivity index is 2.21. The van der Waals surface area contributed by atoms with Crippen LogP contribution in [0.5, 0.6) is 0 Å². The van der Waals surface area contributed by atoms with E-state index in [0.29, 0.717) is 16.9 Å². The molecule has 0 saturated heterocycles. The van der Waals surface area contributed by atoms with Crippen LogP contribution in [-0.4, -0.2) is 9.38 Å². The van der Waals surface area contributed by atoms with Gasteiger partial charge in [0.1, 0.15) is 17.3 Å². The summed E-state index contributed by atoms with van der Waals surface area (Å²) in [5.74, 6) is -0.885. The summed E-state index contributed by atoms with van der Waals surface area (Å²) in [5.41, 5.74) is 2.69. The number of halogens is 2. The van der Waals surface area contributed by atoms with Gasteiger partial charge >= 0.3 is 0 Å². The number of aromatic nitrogens is 2.